The average molecular weight is 429 g/mol. The van der Waals surface area contributed by atoms with Crippen LogP contribution in [0.2, 0.25) is 0 Å². The Morgan fingerprint density at radius 2 is 2.16 bits per heavy atom. The molecule has 0 bridgehead atoms. The number of halogens is 2. The zero-order valence-electron chi connectivity index (χ0n) is 14.6. The van der Waals surface area contributed by atoms with Crippen LogP contribution in [0, 0.1) is 11.7 Å². The highest BCUT2D eigenvalue weighted by atomic mass is 79.9. The lowest BCUT2D eigenvalue weighted by Crippen LogP contribution is -2.26. The Bertz CT molecular complexity index is 735. The second-order valence-electron chi connectivity index (χ2n) is 6.09. The van der Waals surface area contributed by atoms with Crippen LogP contribution < -0.4 is 5.32 Å². The van der Waals surface area contributed by atoms with E-state index in [-0.39, 0.29) is 5.56 Å². The van der Waals surface area contributed by atoms with Gasteiger partial charge >= 0.3 is 0 Å². The molecular weight excluding hydrogens is 407 g/mol. The van der Waals surface area contributed by atoms with Gasteiger partial charge in [-0.2, -0.15) is 0 Å². The van der Waals surface area contributed by atoms with E-state index in [1.54, 1.807) is 17.8 Å². The van der Waals surface area contributed by atoms with Crippen LogP contribution in [0.15, 0.2) is 27.8 Å². The molecule has 1 amide bonds. The zero-order valence-corrected chi connectivity index (χ0v) is 17.0. The van der Waals surface area contributed by atoms with E-state index in [0.717, 1.165) is 17.5 Å². The maximum atomic E-state index is 13.7. The van der Waals surface area contributed by atoms with E-state index in [0.29, 0.717) is 29.8 Å². The summed E-state index contributed by atoms with van der Waals surface area (Å²) in [6, 6.07) is 4.32. The standard InChI is InChI=1S/C17H22BrFN4OS/c1-11(2)10-23-15(21-22-17(23)25-3)5-4-8-20-16(24)13-9-12(18)6-7-14(13)19/h6-7,9,11H,4-5,8,10H2,1-3H3,(H,20,24). The van der Waals surface area contributed by atoms with Crippen LogP contribution in [0.4, 0.5) is 4.39 Å². The highest BCUT2D eigenvalue weighted by Gasteiger charge is 2.14. The minimum Gasteiger partial charge on any atom is -0.352 e. The molecular formula is C17H22BrFN4OS. The molecule has 2 aromatic rings. The van der Waals surface area contributed by atoms with Gasteiger partial charge in [-0.05, 0) is 36.8 Å². The fourth-order valence-electron chi connectivity index (χ4n) is 2.42. The van der Waals surface area contributed by atoms with Crippen molar-refractivity contribution in [1.29, 1.82) is 0 Å². The van der Waals surface area contributed by atoms with Crippen molar-refractivity contribution in [2.75, 3.05) is 12.8 Å². The van der Waals surface area contributed by atoms with E-state index in [4.69, 9.17) is 0 Å². The second kappa shape index (κ2) is 9.33. The first kappa shape index (κ1) is 19.9. The number of amides is 1. The minimum atomic E-state index is -0.526. The van der Waals surface area contributed by atoms with Crippen molar-refractivity contribution in [2.24, 2.45) is 5.92 Å². The summed E-state index contributed by atoms with van der Waals surface area (Å²) in [5.41, 5.74) is 0.0435. The van der Waals surface area contributed by atoms with Gasteiger partial charge in [-0.25, -0.2) is 4.39 Å². The first-order valence-electron chi connectivity index (χ1n) is 8.11. The number of nitrogens with one attached hydrogen (secondary N) is 1. The summed E-state index contributed by atoms with van der Waals surface area (Å²) in [5.74, 6) is 0.482. The molecule has 0 spiro atoms. The van der Waals surface area contributed by atoms with Gasteiger partial charge < -0.3 is 9.88 Å². The molecule has 0 aliphatic rings. The summed E-state index contributed by atoms with van der Waals surface area (Å²) in [4.78, 5) is 12.1. The molecule has 0 atom stereocenters. The van der Waals surface area contributed by atoms with Crippen molar-refractivity contribution in [1.82, 2.24) is 20.1 Å². The van der Waals surface area contributed by atoms with Crippen molar-refractivity contribution < 1.29 is 9.18 Å². The van der Waals surface area contributed by atoms with E-state index in [1.165, 1.54) is 12.1 Å². The largest absolute Gasteiger partial charge is 0.352 e. The third kappa shape index (κ3) is 5.54. The maximum absolute atomic E-state index is 13.7. The number of nitrogens with zero attached hydrogens (tertiary/aromatic N) is 3. The van der Waals surface area contributed by atoms with Crippen LogP contribution in [-0.4, -0.2) is 33.5 Å². The molecule has 1 aromatic carbocycles. The number of rotatable bonds is 8. The number of carbonyl (C=O) groups excluding carboxylic acids is 1. The minimum absolute atomic E-state index is 0.0435. The van der Waals surface area contributed by atoms with Gasteiger partial charge in [0.2, 0.25) is 0 Å². The number of thioether (sulfide) groups is 1. The number of hydrogen-bond acceptors (Lipinski definition) is 4. The van der Waals surface area contributed by atoms with Crippen LogP contribution in [-0.2, 0) is 13.0 Å². The Balaban J connectivity index is 1.90. The smallest absolute Gasteiger partial charge is 0.254 e. The lowest BCUT2D eigenvalue weighted by Gasteiger charge is -2.12. The van der Waals surface area contributed by atoms with Crippen molar-refractivity contribution in [3.05, 3.63) is 39.9 Å². The maximum Gasteiger partial charge on any atom is 0.254 e. The van der Waals surface area contributed by atoms with Crippen molar-refractivity contribution >= 4 is 33.6 Å². The van der Waals surface area contributed by atoms with E-state index in [1.807, 2.05) is 6.26 Å². The molecule has 0 saturated heterocycles. The highest BCUT2D eigenvalue weighted by molar-refractivity contribution is 9.10. The molecule has 0 fully saturated rings. The molecule has 0 unspecified atom stereocenters. The third-order valence-corrected chi connectivity index (χ3v) is 4.72. The molecule has 1 aromatic heterocycles. The lowest BCUT2D eigenvalue weighted by atomic mass is 10.2. The summed E-state index contributed by atoms with van der Waals surface area (Å²) < 4.78 is 16.5. The molecule has 0 aliphatic carbocycles. The fourth-order valence-corrected chi connectivity index (χ4v) is 3.30. The van der Waals surface area contributed by atoms with Crippen LogP contribution >= 0.6 is 27.7 Å². The zero-order chi connectivity index (χ0) is 18.4. The van der Waals surface area contributed by atoms with E-state index in [9.17, 15) is 9.18 Å². The summed E-state index contributed by atoms with van der Waals surface area (Å²) in [5, 5.41) is 12.1. The average Bonchev–Trinajstić information content (AvgIpc) is 2.94. The molecule has 5 nitrogen and oxygen atoms in total. The molecule has 136 valence electrons. The molecule has 1 heterocycles. The Labute approximate surface area is 159 Å². The van der Waals surface area contributed by atoms with Gasteiger partial charge in [0.15, 0.2) is 5.16 Å². The predicted molar refractivity (Wildman–Crippen MR) is 101 cm³/mol. The van der Waals surface area contributed by atoms with E-state index < -0.39 is 11.7 Å². The monoisotopic (exact) mass is 428 g/mol. The van der Waals surface area contributed by atoms with Crippen LogP contribution in [0.3, 0.4) is 0 Å². The normalized spacial score (nSPS) is 11.1. The quantitative estimate of drug-likeness (QED) is 0.511. The van der Waals surface area contributed by atoms with Crippen molar-refractivity contribution in [2.45, 2.75) is 38.4 Å². The Kier molecular flexibility index (Phi) is 7.43. The first-order chi connectivity index (χ1) is 11.9. The number of aromatic nitrogens is 3. The molecule has 0 saturated carbocycles. The van der Waals surface area contributed by atoms with Gasteiger partial charge in [-0.3, -0.25) is 4.79 Å². The Morgan fingerprint density at radius 3 is 2.84 bits per heavy atom. The summed E-state index contributed by atoms with van der Waals surface area (Å²) in [6.45, 7) is 5.63. The Hall–Kier alpha value is -1.41. The first-order valence-corrected chi connectivity index (χ1v) is 10.1. The van der Waals surface area contributed by atoms with Crippen LogP contribution in [0.1, 0.15) is 36.5 Å². The van der Waals surface area contributed by atoms with Gasteiger partial charge in [-0.1, -0.05) is 41.5 Å². The second-order valence-corrected chi connectivity index (χ2v) is 7.78. The fraction of sp³-hybridized carbons (Fsp3) is 0.471. The summed E-state index contributed by atoms with van der Waals surface area (Å²) >= 11 is 4.82. The third-order valence-electron chi connectivity index (χ3n) is 3.56. The van der Waals surface area contributed by atoms with Gasteiger partial charge in [0.05, 0.1) is 5.56 Å². The van der Waals surface area contributed by atoms with Gasteiger partial charge in [0.25, 0.3) is 5.91 Å². The topological polar surface area (TPSA) is 59.8 Å². The number of hydrogen-bond donors (Lipinski definition) is 1. The summed E-state index contributed by atoms with van der Waals surface area (Å²) in [7, 11) is 0. The van der Waals surface area contributed by atoms with Crippen molar-refractivity contribution in [3.8, 4) is 0 Å². The Morgan fingerprint density at radius 1 is 1.40 bits per heavy atom. The van der Waals surface area contributed by atoms with Crippen LogP contribution in [0.25, 0.3) is 0 Å². The highest BCUT2D eigenvalue weighted by Crippen LogP contribution is 2.17. The number of benzene rings is 1. The van der Waals surface area contributed by atoms with Crippen molar-refractivity contribution in [3.63, 3.8) is 0 Å². The molecule has 0 radical (unpaired) electrons. The van der Waals surface area contributed by atoms with E-state index >= 15 is 0 Å². The molecule has 25 heavy (non-hydrogen) atoms. The number of aryl methyl sites for hydroxylation is 1. The predicted octanol–water partition coefficient (Wildman–Crippen LogP) is 3.92. The molecule has 0 aliphatic heterocycles. The van der Waals surface area contributed by atoms with Gasteiger partial charge in [0.1, 0.15) is 11.6 Å². The van der Waals surface area contributed by atoms with Gasteiger partial charge in [-0.15, -0.1) is 10.2 Å². The summed E-state index contributed by atoms with van der Waals surface area (Å²) in [6.07, 6.45) is 3.41. The molecule has 2 rings (SSSR count). The molecule has 1 N–H and O–H groups in total. The SMILES string of the molecule is CSc1nnc(CCCNC(=O)c2cc(Br)ccc2F)n1CC(C)C. The van der Waals surface area contributed by atoms with Gasteiger partial charge in [0, 0.05) is 24.0 Å². The van der Waals surface area contributed by atoms with E-state index in [2.05, 4.69) is 49.9 Å². The van der Waals surface area contributed by atoms with Crippen LogP contribution in [0.5, 0.6) is 0 Å². The molecule has 8 heteroatoms. The number of carbonyl (C=O) groups is 1. The lowest BCUT2D eigenvalue weighted by molar-refractivity contribution is 0.0949.